The maximum atomic E-state index is 12.7. The van der Waals surface area contributed by atoms with Gasteiger partial charge in [-0.05, 0) is 37.8 Å². The quantitative estimate of drug-likeness (QED) is 0.494. The smallest absolute Gasteiger partial charge is 0.190 e. The average molecular weight is 346 g/mol. The second kappa shape index (κ2) is 5.73. The molecule has 0 bridgehead atoms. The van der Waals surface area contributed by atoms with E-state index in [1.165, 1.54) is 0 Å². The minimum atomic E-state index is -1.77. The van der Waals surface area contributed by atoms with Crippen molar-refractivity contribution in [2.24, 2.45) is 17.8 Å². The van der Waals surface area contributed by atoms with Gasteiger partial charge in [-0.25, -0.2) is 0 Å². The fraction of sp³-hybridized carbons (Fsp3) is 0.600. The van der Waals surface area contributed by atoms with Gasteiger partial charge in [-0.3, -0.25) is 9.59 Å². The standard InChI is InChI=1S/C20H26O5/c1-10(2)17-14-7-13(9-21)8-19(24)16(5-11(3)18(19)23)20(14,25)12(4)6-15(17)22/h5,7,12,14,16,21,24-25H,6,8-9H2,1-4H3/t12-,14?,16?,19-,20-/m0/s1. The molecule has 0 spiro atoms. The van der Waals surface area contributed by atoms with E-state index in [-0.39, 0.29) is 25.2 Å². The molecule has 2 unspecified atom stereocenters. The molecule has 0 aliphatic heterocycles. The third-order valence-corrected chi connectivity index (χ3v) is 6.21. The summed E-state index contributed by atoms with van der Waals surface area (Å²) in [4.78, 5) is 25.3. The van der Waals surface area contributed by atoms with E-state index in [1.807, 2.05) is 13.8 Å². The highest BCUT2D eigenvalue weighted by molar-refractivity contribution is 6.05. The van der Waals surface area contributed by atoms with Crippen LogP contribution < -0.4 is 0 Å². The first-order valence-electron chi connectivity index (χ1n) is 8.76. The Morgan fingerprint density at radius 2 is 1.88 bits per heavy atom. The molecule has 5 nitrogen and oxygen atoms in total. The van der Waals surface area contributed by atoms with Crippen molar-refractivity contribution >= 4 is 11.6 Å². The normalized spacial score (nSPS) is 40.9. The predicted molar refractivity (Wildman–Crippen MR) is 92.6 cm³/mol. The molecule has 0 radical (unpaired) electrons. The summed E-state index contributed by atoms with van der Waals surface area (Å²) in [5, 5.41) is 32.8. The van der Waals surface area contributed by atoms with Gasteiger partial charge >= 0.3 is 0 Å². The Kier molecular flexibility index (Phi) is 4.18. The molecule has 0 amide bonds. The first-order chi connectivity index (χ1) is 11.6. The van der Waals surface area contributed by atoms with Gasteiger partial charge < -0.3 is 15.3 Å². The van der Waals surface area contributed by atoms with Crippen LogP contribution in [-0.4, -0.2) is 44.7 Å². The van der Waals surface area contributed by atoms with Crippen LogP contribution in [0.2, 0.25) is 0 Å². The molecule has 1 fully saturated rings. The van der Waals surface area contributed by atoms with Crippen LogP contribution in [-0.2, 0) is 9.59 Å². The number of Topliss-reactive ketones (excluding diaryl/α,β-unsaturated/α-hetero) is 2. The molecule has 0 aromatic rings. The van der Waals surface area contributed by atoms with Gasteiger partial charge in [-0.1, -0.05) is 24.6 Å². The van der Waals surface area contributed by atoms with Crippen molar-refractivity contribution in [1.29, 1.82) is 0 Å². The van der Waals surface area contributed by atoms with E-state index in [9.17, 15) is 24.9 Å². The summed E-state index contributed by atoms with van der Waals surface area (Å²) < 4.78 is 0. The lowest BCUT2D eigenvalue weighted by atomic mass is 9.58. The number of hydrogen-bond acceptors (Lipinski definition) is 5. The number of aliphatic hydroxyl groups excluding tert-OH is 1. The minimum Gasteiger partial charge on any atom is -0.392 e. The lowest BCUT2D eigenvalue weighted by Crippen LogP contribution is -2.60. The first kappa shape index (κ1) is 18.2. The highest BCUT2D eigenvalue weighted by Crippen LogP contribution is 2.55. The van der Waals surface area contributed by atoms with Crippen molar-refractivity contribution in [2.45, 2.75) is 51.7 Å². The maximum Gasteiger partial charge on any atom is 0.190 e. The van der Waals surface area contributed by atoms with Crippen molar-refractivity contribution in [1.82, 2.24) is 0 Å². The van der Waals surface area contributed by atoms with E-state index in [4.69, 9.17) is 0 Å². The van der Waals surface area contributed by atoms with E-state index in [0.29, 0.717) is 16.7 Å². The SMILES string of the molecule is CC1=CC2[C@@]3(O)C(C=C(CO)C[C@@]2(O)C1=O)C(=C(C)C)C(=O)C[C@@H]3C. The van der Waals surface area contributed by atoms with Crippen LogP contribution in [0, 0.1) is 17.8 Å². The van der Waals surface area contributed by atoms with Crippen LogP contribution in [0.5, 0.6) is 0 Å². The van der Waals surface area contributed by atoms with E-state index >= 15 is 0 Å². The van der Waals surface area contributed by atoms with Crippen molar-refractivity contribution in [3.05, 3.63) is 34.4 Å². The molecule has 3 aliphatic carbocycles. The van der Waals surface area contributed by atoms with Crippen molar-refractivity contribution in [3.8, 4) is 0 Å². The first-order valence-corrected chi connectivity index (χ1v) is 8.76. The number of allylic oxidation sites excluding steroid dienone is 1. The Bertz CT molecular complexity index is 739. The number of carbonyl (C=O) groups is 2. The molecule has 5 atom stereocenters. The second-order valence-corrected chi connectivity index (χ2v) is 8.05. The third kappa shape index (κ3) is 2.33. The summed E-state index contributed by atoms with van der Waals surface area (Å²) in [7, 11) is 0. The number of fused-ring (bicyclic) bond motifs is 3. The zero-order chi connectivity index (χ0) is 18.7. The molecule has 3 rings (SSSR count). The topological polar surface area (TPSA) is 94.8 Å². The molecule has 3 N–H and O–H groups in total. The number of aliphatic hydroxyl groups is 3. The Hall–Kier alpha value is -1.56. The van der Waals surface area contributed by atoms with Gasteiger partial charge in [0, 0.05) is 30.3 Å². The van der Waals surface area contributed by atoms with Crippen LogP contribution in [0.15, 0.2) is 34.4 Å². The zero-order valence-electron chi connectivity index (χ0n) is 15.2. The summed E-state index contributed by atoms with van der Waals surface area (Å²) in [5.41, 5.74) is -0.999. The fourth-order valence-corrected chi connectivity index (χ4v) is 4.97. The van der Waals surface area contributed by atoms with Gasteiger partial charge in [0.15, 0.2) is 11.6 Å². The fourth-order valence-electron chi connectivity index (χ4n) is 4.97. The lowest BCUT2D eigenvalue weighted by Gasteiger charge is -2.49. The van der Waals surface area contributed by atoms with Crippen LogP contribution in [0.1, 0.15) is 40.5 Å². The Morgan fingerprint density at radius 3 is 2.44 bits per heavy atom. The van der Waals surface area contributed by atoms with Crippen LogP contribution in [0.3, 0.4) is 0 Å². The summed E-state index contributed by atoms with van der Waals surface area (Å²) in [6, 6.07) is 0. The Morgan fingerprint density at radius 1 is 1.24 bits per heavy atom. The summed E-state index contributed by atoms with van der Waals surface area (Å²) in [5.74, 6) is -2.31. The minimum absolute atomic E-state index is 0.0221. The molecular formula is C20H26O5. The van der Waals surface area contributed by atoms with Gasteiger partial charge in [0.05, 0.1) is 12.2 Å². The number of rotatable bonds is 1. The molecule has 0 heterocycles. The van der Waals surface area contributed by atoms with Crippen molar-refractivity contribution in [2.75, 3.05) is 6.61 Å². The number of hydrogen-bond donors (Lipinski definition) is 3. The molecule has 25 heavy (non-hydrogen) atoms. The molecular weight excluding hydrogens is 320 g/mol. The molecule has 1 saturated carbocycles. The zero-order valence-corrected chi connectivity index (χ0v) is 15.2. The third-order valence-electron chi connectivity index (χ3n) is 6.21. The highest BCUT2D eigenvalue weighted by atomic mass is 16.3. The van der Waals surface area contributed by atoms with Crippen LogP contribution >= 0.6 is 0 Å². The van der Waals surface area contributed by atoms with Gasteiger partial charge in [0.1, 0.15) is 5.60 Å². The molecule has 0 aromatic carbocycles. The van der Waals surface area contributed by atoms with E-state index < -0.39 is 34.7 Å². The highest BCUT2D eigenvalue weighted by Gasteiger charge is 2.64. The summed E-state index contributed by atoms with van der Waals surface area (Å²) >= 11 is 0. The van der Waals surface area contributed by atoms with Crippen molar-refractivity contribution < 1.29 is 24.9 Å². The molecule has 136 valence electrons. The van der Waals surface area contributed by atoms with E-state index in [1.54, 1.807) is 26.0 Å². The van der Waals surface area contributed by atoms with Gasteiger partial charge in [-0.2, -0.15) is 0 Å². The number of ketones is 2. The van der Waals surface area contributed by atoms with Crippen molar-refractivity contribution in [3.63, 3.8) is 0 Å². The van der Waals surface area contributed by atoms with Crippen LogP contribution in [0.25, 0.3) is 0 Å². The van der Waals surface area contributed by atoms with E-state index in [2.05, 4.69) is 0 Å². The summed E-state index contributed by atoms with van der Waals surface area (Å²) in [6.45, 7) is 6.75. The van der Waals surface area contributed by atoms with E-state index in [0.717, 1.165) is 5.57 Å². The predicted octanol–water partition coefficient (Wildman–Crippen LogP) is 1.48. The molecule has 0 aromatic heterocycles. The molecule has 0 saturated heterocycles. The van der Waals surface area contributed by atoms with Gasteiger partial charge in [-0.15, -0.1) is 0 Å². The van der Waals surface area contributed by atoms with Gasteiger partial charge in [0.25, 0.3) is 0 Å². The Labute approximate surface area is 147 Å². The monoisotopic (exact) mass is 346 g/mol. The molecule has 3 aliphatic rings. The average Bonchev–Trinajstić information content (AvgIpc) is 2.69. The Balaban J connectivity index is 2.30. The van der Waals surface area contributed by atoms with Gasteiger partial charge in [0.2, 0.25) is 0 Å². The summed E-state index contributed by atoms with van der Waals surface area (Å²) in [6.07, 6.45) is 3.49. The lowest BCUT2D eigenvalue weighted by molar-refractivity contribution is -0.164. The maximum absolute atomic E-state index is 12.7. The number of carbonyl (C=O) groups excluding carboxylic acids is 2. The second-order valence-electron chi connectivity index (χ2n) is 8.05. The largest absolute Gasteiger partial charge is 0.392 e. The molecule has 5 heteroatoms. The van der Waals surface area contributed by atoms with Crippen LogP contribution in [0.4, 0.5) is 0 Å².